The van der Waals surface area contributed by atoms with Gasteiger partial charge in [-0.3, -0.25) is 4.79 Å². The minimum absolute atomic E-state index is 0.0558. The van der Waals surface area contributed by atoms with Crippen LogP contribution in [0.25, 0.3) is 0 Å². The largest absolute Gasteiger partial charge is 0.353 e. The molecule has 0 aromatic heterocycles. The first kappa shape index (κ1) is 15.2. The van der Waals surface area contributed by atoms with Crippen LogP contribution in [0.4, 0.5) is 8.78 Å². The Morgan fingerprint density at radius 2 is 1.52 bits per heavy atom. The molecule has 0 unspecified atom stereocenters. The van der Waals surface area contributed by atoms with Crippen LogP contribution in [0.15, 0.2) is 0 Å². The molecule has 2 saturated carbocycles. The summed E-state index contributed by atoms with van der Waals surface area (Å²) in [5.41, 5.74) is 0. The van der Waals surface area contributed by atoms with Crippen LogP contribution in [0.1, 0.15) is 51.4 Å². The van der Waals surface area contributed by atoms with Crippen molar-refractivity contribution in [1.82, 2.24) is 5.32 Å². The third-order valence-electron chi connectivity index (χ3n) is 5.00. The highest BCUT2D eigenvalue weighted by atomic mass is 19.3. The van der Waals surface area contributed by atoms with Crippen molar-refractivity contribution in [1.29, 1.82) is 0 Å². The van der Waals surface area contributed by atoms with Crippen molar-refractivity contribution < 1.29 is 23.0 Å². The van der Waals surface area contributed by atoms with Crippen LogP contribution in [0.5, 0.6) is 0 Å². The number of carbonyl (C=O) groups is 1. The molecule has 3 aliphatic rings. The van der Waals surface area contributed by atoms with Crippen molar-refractivity contribution in [2.75, 3.05) is 13.2 Å². The molecule has 1 spiro atoms. The standard InChI is InChI=1S/C15H23F2NO3/c16-14(17)5-1-11(2-6-14)13(19)18-12-3-7-15(8-4-12)20-9-10-21-15/h11-12H,1-10H2,(H,18,19). The Bertz CT molecular complexity index is 376. The summed E-state index contributed by atoms with van der Waals surface area (Å²) in [5, 5.41) is 3.03. The summed E-state index contributed by atoms with van der Waals surface area (Å²) in [4.78, 5) is 12.2. The van der Waals surface area contributed by atoms with Gasteiger partial charge in [0, 0.05) is 37.6 Å². The maximum absolute atomic E-state index is 13.1. The molecule has 6 heteroatoms. The molecule has 0 bridgehead atoms. The lowest BCUT2D eigenvalue weighted by Gasteiger charge is -2.36. The lowest BCUT2D eigenvalue weighted by Crippen LogP contribution is -2.46. The lowest BCUT2D eigenvalue weighted by molar-refractivity contribution is -0.180. The number of hydrogen-bond donors (Lipinski definition) is 1. The highest BCUT2D eigenvalue weighted by molar-refractivity contribution is 5.79. The van der Waals surface area contributed by atoms with Crippen LogP contribution < -0.4 is 5.32 Å². The summed E-state index contributed by atoms with van der Waals surface area (Å²) in [6.45, 7) is 1.29. The third-order valence-corrected chi connectivity index (χ3v) is 5.00. The van der Waals surface area contributed by atoms with E-state index in [0.29, 0.717) is 26.1 Å². The van der Waals surface area contributed by atoms with Gasteiger partial charge in [-0.15, -0.1) is 0 Å². The molecule has 21 heavy (non-hydrogen) atoms. The Balaban J connectivity index is 1.44. The fourth-order valence-corrected chi connectivity index (χ4v) is 3.61. The van der Waals surface area contributed by atoms with Crippen molar-refractivity contribution >= 4 is 5.91 Å². The Hall–Kier alpha value is -0.750. The van der Waals surface area contributed by atoms with Gasteiger partial charge in [-0.1, -0.05) is 0 Å². The number of halogens is 2. The molecule has 120 valence electrons. The fraction of sp³-hybridized carbons (Fsp3) is 0.933. The van der Waals surface area contributed by atoms with Gasteiger partial charge in [0.25, 0.3) is 0 Å². The summed E-state index contributed by atoms with van der Waals surface area (Å²) in [5.74, 6) is -3.31. The second kappa shape index (κ2) is 5.80. The first-order valence-electron chi connectivity index (χ1n) is 7.94. The van der Waals surface area contributed by atoms with Crippen LogP contribution >= 0.6 is 0 Å². The molecule has 1 N–H and O–H groups in total. The minimum Gasteiger partial charge on any atom is -0.353 e. The van der Waals surface area contributed by atoms with Gasteiger partial charge in [-0.05, 0) is 25.7 Å². The predicted octanol–water partition coefficient (Wildman–Crippen LogP) is 2.61. The highest BCUT2D eigenvalue weighted by Crippen LogP contribution is 2.38. The van der Waals surface area contributed by atoms with E-state index in [1.165, 1.54) is 0 Å². The van der Waals surface area contributed by atoms with Crippen molar-refractivity contribution in [3.8, 4) is 0 Å². The summed E-state index contributed by atoms with van der Waals surface area (Å²) >= 11 is 0. The smallest absolute Gasteiger partial charge is 0.248 e. The Labute approximate surface area is 123 Å². The van der Waals surface area contributed by atoms with Crippen LogP contribution in [-0.4, -0.2) is 36.9 Å². The SMILES string of the molecule is O=C(NC1CCC2(CC1)OCCO2)C1CCC(F)(F)CC1. The molecule has 0 atom stereocenters. The summed E-state index contributed by atoms with van der Waals surface area (Å²) in [6.07, 6.45) is 3.50. The van der Waals surface area contributed by atoms with Crippen LogP contribution in [-0.2, 0) is 14.3 Å². The second-order valence-electron chi connectivity index (χ2n) is 6.52. The zero-order valence-electron chi connectivity index (χ0n) is 12.2. The van der Waals surface area contributed by atoms with Gasteiger partial charge in [0.2, 0.25) is 11.8 Å². The molecule has 0 radical (unpaired) electrons. The molecule has 3 rings (SSSR count). The third kappa shape index (κ3) is 3.54. The maximum Gasteiger partial charge on any atom is 0.248 e. The molecule has 0 aromatic carbocycles. The van der Waals surface area contributed by atoms with E-state index in [4.69, 9.17) is 9.47 Å². The number of hydrogen-bond acceptors (Lipinski definition) is 3. The molecule has 3 fully saturated rings. The number of carbonyl (C=O) groups excluding carboxylic acids is 1. The van der Waals surface area contributed by atoms with Crippen molar-refractivity contribution in [3.05, 3.63) is 0 Å². The van der Waals surface area contributed by atoms with Gasteiger partial charge in [-0.2, -0.15) is 0 Å². The first-order chi connectivity index (χ1) is 9.98. The average Bonchev–Trinajstić information content (AvgIpc) is 2.90. The monoisotopic (exact) mass is 303 g/mol. The Kier molecular flexibility index (Phi) is 4.19. The van der Waals surface area contributed by atoms with Crippen LogP contribution in [0.3, 0.4) is 0 Å². The zero-order chi connectivity index (χ0) is 14.9. The fourth-order valence-electron chi connectivity index (χ4n) is 3.61. The highest BCUT2D eigenvalue weighted by Gasteiger charge is 2.42. The maximum atomic E-state index is 13.1. The van der Waals surface area contributed by atoms with Crippen molar-refractivity contribution in [2.24, 2.45) is 5.92 Å². The van der Waals surface area contributed by atoms with Gasteiger partial charge >= 0.3 is 0 Å². The summed E-state index contributed by atoms with van der Waals surface area (Å²) in [7, 11) is 0. The number of amides is 1. The van der Waals surface area contributed by atoms with Gasteiger partial charge < -0.3 is 14.8 Å². The second-order valence-corrected chi connectivity index (χ2v) is 6.52. The zero-order valence-corrected chi connectivity index (χ0v) is 12.2. The molecular weight excluding hydrogens is 280 g/mol. The van der Waals surface area contributed by atoms with E-state index < -0.39 is 11.7 Å². The van der Waals surface area contributed by atoms with E-state index in [1.54, 1.807) is 0 Å². The van der Waals surface area contributed by atoms with E-state index in [9.17, 15) is 13.6 Å². The van der Waals surface area contributed by atoms with E-state index in [1.807, 2.05) is 0 Å². The topological polar surface area (TPSA) is 47.6 Å². The summed E-state index contributed by atoms with van der Waals surface area (Å²) in [6, 6.07) is 0.123. The number of nitrogens with one attached hydrogen (secondary N) is 1. The van der Waals surface area contributed by atoms with E-state index in [2.05, 4.69) is 5.32 Å². The minimum atomic E-state index is -2.58. The molecule has 0 aromatic rings. The Morgan fingerprint density at radius 3 is 2.10 bits per heavy atom. The van der Waals surface area contributed by atoms with Gasteiger partial charge in [0.15, 0.2) is 5.79 Å². The van der Waals surface area contributed by atoms with E-state index in [0.717, 1.165) is 25.7 Å². The van der Waals surface area contributed by atoms with Crippen LogP contribution in [0, 0.1) is 5.92 Å². The normalized spacial score (nSPS) is 29.6. The predicted molar refractivity (Wildman–Crippen MR) is 71.9 cm³/mol. The average molecular weight is 303 g/mol. The molecule has 4 nitrogen and oxygen atoms in total. The molecule has 1 aliphatic heterocycles. The Morgan fingerprint density at radius 1 is 0.952 bits per heavy atom. The molecular formula is C15H23F2NO3. The quantitative estimate of drug-likeness (QED) is 0.853. The molecule has 1 saturated heterocycles. The van der Waals surface area contributed by atoms with Gasteiger partial charge in [-0.25, -0.2) is 8.78 Å². The summed E-state index contributed by atoms with van der Waals surface area (Å²) < 4.78 is 37.5. The van der Waals surface area contributed by atoms with E-state index >= 15 is 0 Å². The lowest BCUT2D eigenvalue weighted by atomic mass is 9.85. The van der Waals surface area contributed by atoms with Crippen LogP contribution in [0.2, 0.25) is 0 Å². The van der Waals surface area contributed by atoms with Gasteiger partial charge in [0.1, 0.15) is 0 Å². The first-order valence-corrected chi connectivity index (χ1v) is 7.94. The number of alkyl halides is 2. The molecule has 2 aliphatic carbocycles. The van der Waals surface area contributed by atoms with E-state index in [-0.39, 0.29) is 30.7 Å². The molecule has 1 heterocycles. The van der Waals surface area contributed by atoms with Crippen molar-refractivity contribution in [3.63, 3.8) is 0 Å². The number of ether oxygens (including phenoxy) is 2. The number of rotatable bonds is 2. The molecule has 1 amide bonds. The van der Waals surface area contributed by atoms with Crippen molar-refractivity contribution in [2.45, 2.75) is 69.1 Å². The van der Waals surface area contributed by atoms with Gasteiger partial charge in [0.05, 0.1) is 13.2 Å².